The summed E-state index contributed by atoms with van der Waals surface area (Å²) in [5.41, 5.74) is 8.60. The lowest BCUT2D eigenvalue weighted by Crippen LogP contribution is -2.18. The van der Waals surface area contributed by atoms with E-state index in [-0.39, 0.29) is 27.8 Å². The van der Waals surface area contributed by atoms with E-state index in [1.54, 1.807) is 0 Å². The first-order chi connectivity index (χ1) is 12.1. The summed E-state index contributed by atoms with van der Waals surface area (Å²) >= 11 is 0. The summed E-state index contributed by atoms with van der Waals surface area (Å²) in [5.74, 6) is -5.54. The molecule has 0 spiro atoms. The molecule has 26 heavy (non-hydrogen) atoms. The smallest absolute Gasteiger partial charge is 0.336 e. The van der Waals surface area contributed by atoms with Crippen LogP contribution in [0, 0.1) is 0 Å². The molecule has 0 bridgehead atoms. The van der Waals surface area contributed by atoms with Crippen LogP contribution in [0.2, 0.25) is 0 Å². The minimum absolute atomic E-state index is 0.0769. The second-order valence-electron chi connectivity index (χ2n) is 5.19. The van der Waals surface area contributed by atoms with Crippen molar-refractivity contribution in [2.24, 2.45) is 11.5 Å². The van der Waals surface area contributed by atoms with E-state index < -0.39 is 35.1 Å². The molecule has 0 saturated heterocycles. The molecule has 0 fully saturated rings. The minimum atomic E-state index is -1.45. The minimum Gasteiger partial charge on any atom is -0.478 e. The Bertz CT molecular complexity index is 902. The Labute approximate surface area is 145 Å². The van der Waals surface area contributed by atoms with Crippen molar-refractivity contribution < 1.29 is 34.2 Å². The van der Waals surface area contributed by atoms with E-state index in [2.05, 4.69) is 0 Å². The molecule has 9 heteroatoms. The number of carboxylic acid groups (broad SMARTS) is 2. The zero-order valence-corrected chi connectivity index (χ0v) is 13.1. The van der Waals surface area contributed by atoms with Crippen LogP contribution in [-0.2, 0) is 0 Å². The van der Waals surface area contributed by atoms with Gasteiger partial charge in [0, 0.05) is 11.1 Å². The van der Waals surface area contributed by atoms with Crippen LogP contribution < -0.4 is 11.5 Å². The first kappa shape index (κ1) is 18.3. The summed E-state index contributed by atoms with van der Waals surface area (Å²) in [6, 6.07) is 6.49. The molecule has 0 aliphatic heterocycles. The van der Waals surface area contributed by atoms with Crippen LogP contribution in [0.15, 0.2) is 36.4 Å². The number of carbonyl (C=O) groups is 5. The van der Waals surface area contributed by atoms with Crippen LogP contribution in [0.5, 0.6) is 0 Å². The first-order valence-corrected chi connectivity index (χ1v) is 7.02. The highest BCUT2D eigenvalue weighted by molar-refractivity contribution is 6.14. The Morgan fingerprint density at radius 2 is 1.04 bits per heavy atom. The second kappa shape index (κ2) is 6.85. The molecular weight excluding hydrogens is 344 g/mol. The number of aromatic carboxylic acids is 2. The normalized spacial score (nSPS) is 10.2. The summed E-state index contributed by atoms with van der Waals surface area (Å²) < 4.78 is 0. The predicted octanol–water partition coefficient (Wildman–Crippen LogP) is 0.512. The average Bonchev–Trinajstić information content (AvgIpc) is 2.59. The fraction of sp³-hybridized carbons (Fsp3) is 0. The summed E-state index contributed by atoms with van der Waals surface area (Å²) in [5, 5.41) is 18.2. The highest BCUT2D eigenvalue weighted by Gasteiger charge is 2.21. The fourth-order valence-corrected chi connectivity index (χ4v) is 2.32. The number of benzene rings is 2. The van der Waals surface area contributed by atoms with Gasteiger partial charge in [-0.1, -0.05) is 12.1 Å². The van der Waals surface area contributed by atoms with Gasteiger partial charge in [0.25, 0.3) is 0 Å². The maximum Gasteiger partial charge on any atom is 0.336 e. The van der Waals surface area contributed by atoms with Gasteiger partial charge in [-0.3, -0.25) is 14.4 Å². The maximum atomic E-state index is 12.5. The molecule has 6 N–H and O–H groups in total. The molecule has 2 aromatic carbocycles. The average molecular weight is 356 g/mol. The third-order valence-corrected chi connectivity index (χ3v) is 3.56. The van der Waals surface area contributed by atoms with Gasteiger partial charge in [0.2, 0.25) is 11.8 Å². The Morgan fingerprint density at radius 1 is 0.615 bits per heavy atom. The van der Waals surface area contributed by atoms with Gasteiger partial charge in [0.1, 0.15) is 0 Å². The molecule has 132 valence electrons. The van der Waals surface area contributed by atoms with Gasteiger partial charge in [0.05, 0.1) is 22.3 Å². The molecule has 0 heterocycles. The molecule has 0 aliphatic carbocycles. The van der Waals surface area contributed by atoms with Crippen molar-refractivity contribution in [3.05, 3.63) is 69.8 Å². The molecule has 2 amide bonds. The third kappa shape index (κ3) is 3.41. The number of carbonyl (C=O) groups excluding carboxylic acids is 3. The van der Waals surface area contributed by atoms with Gasteiger partial charge in [-0.2, -0.15) is 0 Å². The number of nitrogens with two attached hydrogens (primary N) is 2. The van der Waals surface area contributed by atoms with E-state index in [1.165, 1.54) is 12.1 Å². The van der Waals surface area contributed by atoms with Crippen molar-refractivity contribution >= 4 is 29.5 Å². The molecule has 2 aromatic rings. The van der Waals surface area contributed by atoms with Crippen LogP contribution in [0.25, 0.3) is 0 Å². The SMILES string of the molecule is NC(=O)c1cc(C(=O)c2ccc(C(N)=O)c(C(=O)O)c2)ccc1C(=O)O. The van der Waals surface area contributed by atoms with Crippen molar-refractivity contribution in [2.75, 3.05) is 0 Å². The van der Waals surface area contributed by atoms with Crippen molar-refractivity contribution in [1.29, 1.82) is 0 Å². The number of carboxylic acids is 2. The highest BCUT2D eigenvalue weighted by Crippen LogP contribution is 2.18. The van der Waals surface area contributed by atoms with Crippen molar-refractivity contribution in [1.82, 2.24) is 0 Å². The molecular formula is C17H12N2O7. The molecule has 0 saturated carbocycles. The van der Waals surface area contributed by atoms with Crippen LogP contribution in [-0.4, -0.2) is 39.7 Å². The molecule has 9 nitrogen and oxygen atoms in total. The number of ketones is 1. The monoisotopic (exact) mass is 356 g/mol. The van der Waals surface area contributed by atoms with Gasteiger partial charge in [-0.25, -0.2) is 9.59 Å². The number of amides is 2. The number of primary amides is 2. The molecule has 0 atom stereocenters. The predicted molar refractivity (Wildman–Crippen MR) is 87.3 cm³/mol. The zero-order valence-electron chi connectivity index (χ0n) is 13.1. The van der Waals surface area contributed by atoms with Gasteiger partial charge in [-0.15, -0.1) is 0 Å². The lowest BCUT2D eigenvalue weighted by atomic mass is 9.95. The van der Waals surface area contributed by atoms with E-state index >= 15 is 0 Å². The van der Waals surface area contributed by atoms with Crippen molar-refractivity contribution in [3.8, 4) is 0 Å². The van der Waals surface area contributed by atoms with Gasteiger partial charge < -0.3 is 21.7 Å². The van der Waals surface area contributed by atoms with Gasteiger partial charge in [0.15, 0.2) is 5.78 Å². The van der Waals surface area contributed by atoms with E-state index in [4.69, 9.17) is 21.7 Å². The quantitative estimate of drug-likeness (QED) is 0.544. The first-order valence-electron chi connectivity index (χ1n) is 7.02. The summed E-state index contributed by atoms with van der Waals surface area (Å²) in [4.78, 5) is 57.6. The van der Waals surface area contributed by atoms with Crippen LogP contribution in [0.4, 0.5) is 0 Å². The number of rotatable bonds is 6. The lowest BCUT2D eigenvalue weighted by molar-refractivity contribution is 0.0683. The van der Waals surface area contributed by atoms with Gasteiger partial charge in [-0.05, 0) is 24.3 Å². The van der Waals surface area contributed by atoms with E-state index in [0.29, 0.717) is 0 Å². The Hall–Kier alpha value is -4.01. The topological polar surface area (TPSA) is 178 Å². The van der Waals surface area contributed by atoms with Crippen LogP contribution >= 0.6 is 0 Å². The van der Waals surface area contributed by atoms with E-state index in [9.17, 15) is 24.0 Å². The Balaban J connectivity index is 2.56. The Kier molecular flexibility index (Phi) is 4.83. The second-order valence-corrected chi connectivity index (χ2v) is 5.19. The largest absolute Gasteiger partial charge is 0.478 e. The van der Waals surface area contributed by atoms with Crippen molar-refractivity contribution in [3.63, 3.8) is 0 Å². The standard InChI is InChI=1S/C17H12N2O7/c18-14(21)9-3-1-8(6-12(9)17(25)26)13(20)7-2-4-10(16(23)24)11(5-7)15(19)22/h1-6H,(H2,18,21)(H2,19,22)(H,23,24)(H,25,26). The molecule has 0 unspecified atom stereocenters. The van der Waals surface area contributed by atoms with Gasteiger partial charge >= 0.3 is 11.9 Å². The highest BCUT2D eigenvalue weighted by atomic mass is 16.4. The van der Waals surface area contributed by atoms with E-state index in [1.807, 2.05) is 0 Å². The molecule has 2 rings (SSSR count). The fourth-order valence-electron chi connectivity index (χ4n) is 2.32. The van der Waals surface area contributed by atoms with Crippen LogP contribution in [0.1, 0.15) is 57.4 Å². The molecule has 0 radical (unpaired) electrons. The van der Waals surface area contributed by atoms with Crippen molar-refractivity contribution in [2.45, 2.75) is 0 Å². The number of hydrogen-bond acceptors (Lipinski definition) is 5. The third-order valence-electron chi connectivity index (χ3n) is 3.56. The lowest BCUT2D eigenvalue weighted by Gasteiger charge is -2.08. The summed E-state index contributed by atoms with van der Waals surface area (Å²) in [6.07, 6.45) is 0. The summed E-state index contributed by atoms with van der Waals surface area (Å²) in [7, 11) is 0. The maximum absolute atomic E-state index is 12.5. The molecule has 0 aliphatic rings. The number of hydrogen-bond donors (Lipinski definition) is 4. The zero-order chi connectivity index (χ0) is 19.6. The Morgan fingerprint density at radius 3 is 1.46 bits per heavy atom. The molecule has 0 aromatic heterocycles. The summed E-state index contributed by atoms with van der Waals surface area (Å²) in [6.45, 7) is 0. The van der Waals surface area contributed by atoms with Crippen LogP contribution in [0.3, 0.4) is 0 Å². The van der Waals surface area contributed by atoms with E-state index in [0.717, 1.165) is 24.3 Å².